The molecule has 162 valence electrons. The third-order valence-corrected chi connectivity index (χ3v) is 6.58. The molecule has 0 aliphatic carbocycles. The number of nitrogens with one attached hydrogen (secondary N) is 1. The molecule has 3 aromatic rings. The average Bonchev–Trinajstić information content (AvgIpc) is 3.31. The van der Waals surface area contributed by atoms with Gasteiger partial charge < -0.3 is 19.7 Å². The standard InChI is InChI=1S/C24H28N4O2S/c1-16(2)14-28-21(13-19-9-12-31-23(19)28)22(29)26-10-11-27(18(4)15-26)24(30)25-20-7-5-17(3)6-8-20/h5-9,12-13,18H,1,10-11,14-15H2,2-4H3,(H,25,30). The van der Waals surface area contributed by atoms with Crippen LogP contribution < -0.4 is 5.32 Å². The van der Waals surface area contributed by atoms with Gasteiger partial charge in [-0.2, -0.15) is 0 Å². The fourth-order valence-corrected chi connectivity index (χ4v) is 4.91. The van der Waals surface area contributed by atoms with Crippen LogP contribution in [0.3, 0.4) is 0 Å². The van der Waals surface area contributed by atoms with E-state index >= 15 is 0 Å². The summed E-state index contributed by atoms with van der Waals surface area (Å²) in [6.07, 6.45) is 0. The number of rotatable bonds is 4. The van der Waals surface area contributed by atoms with E-state index in [1.54, 1.807) is 16.2 Å². The molecule has 1 atom stereocenters. The van der Waals surface area contributed by atoms with Gasteiger partial charge in [0.25, 0.3) is 5.91 Å². The lowest BCUT2D eigenvalue weighted by Gasteiger charge is -2.39. The monoisotopic (exact) mass is 436 g/mol. The molecule has 1 unspecified atom stereocenters. The molecule has 31 heavy (non-hydrogen) atoms. The number of hydrogen-bond acceptors (Lipinski definition) is 3. The van der Waals surface area contributed by atoms with Crippen molar-refractivity contribution in [3.05, 3.63) is 65.2 Å². The molecule has 6 nitrogen and oxygen atoms in total. The highest BCUT2D eigenvalue weighted by atomic mass is 32.1. The molecular formula is C24H28N4O2S. The van der Waals surface area contributed by atoms with Crippen LogP contribution in [0.4, 0.5) is 10.5 Å². The number of thiophene rings is 1. The molecule has 0 spiro atoms. The van der Waals surface area contributed by atoms with Crippen molar-refractivity contribution >= 4 is 39.2 Å². The lowest BCUT2D eigenvalue weighted by Crippen LogP contribution is -2.56. The number of piperazine rings is 1. The quantitative estimate of drug-likeness (QED) is 0.588. The minimum absolute atomic E-state index is 0.00935. The summed E-state index contributed by atoms with van der Waals surface area (Å²) in [5.41, 5.74) is 3.62. The van der Waals surface area contributed by atoms with E-state index in [1.807, 2.05) is 67.4 Å². The minimum Gasteiger partial charge on any atom is -0.334 e. The SMILES string of the molecule is C=C(C)Cn1c(C(=O)N2CCN(C(=O)Nc3ccc(C)cc3)C(C)C2)cc2ccsc21. The van der Waals surface area contributed by atoms with E-state index < -0.39 is 0 Å². The lowest BCUT2D eigenvalue weighted by molar-refractivity contribution is 0.0583. The van der Waals surface area contributed by atoms with Crippen molar-refractivity contribution in [2.45, 2.75) is 33.4 Å². The largest absolute Gasteiger partial charge is 0.334 e. The third kappa shape index (κ3) is 4.37. The van der Waals surface area contributed by atoms with E-state index in [9.17, 15) is 9.59 Å². The number of amides is 3. The highest BCUT2D eigenvalue weighted by molar-refractivity contribution is 7.16. The normalized spacial score (nSPS) is 16.5. The van der Waals surface area contributed by atoms with Crippen LogP contribution in [0.15, 0.2) is 53.9 Å². The zero-order valence-corrected chi connectivity index (χ0v) is 19.0. The van der Waals surface area contributed by atoms with Crippen molar-refractivity contribution < 1.29 is 9.59 Å². The Hall–Kier alpha value is -3.06. The summed E-state index contributed by atoms with van der Waals surface area (Å²) >= 11 is 1.64. The van der Waals surface area contributed by atoms with E-state index in [1.165, 1.54) is 0 Å². The van der Waals surface area contributed by atoms with Crippen molar-refractivity contribution in [1.82, 2.24) is 14.4 Å². The molecular weight excluding hydrogens is 408 g/mol. The molecule has 1 N–H and O–H groups in total. The van der Waals surface area contributed by atoms with Gasteiger partial charge in [0.15, 0.2) is 0 Å². The van der Waals surface area contributed by atoms with Crippen LogP contribution in [0, 0.1) is 6.92 Å². The molecule has 1 aliphatic rings. The van der Waals surface area contributed by atoms with Crippen molar-refractivity contribution in [2.75, 3.05) is 25.0 Å². The summed E-state index contributed by atoms with van der Waals surface area (Å²) in [7, 11) is 0. The number of carbonyl (C=O) groups is 2. The van der Waals surface area contributed by atoms with Crippen LogP contribution in [0.1, 0.15) is 29.9 Å². The Morgan fingerprint density at radius 2 is 1.94 bits per heavy atom. The molecule has 1 fully saturated rings. The summed E-state index contributed by atoms with van der Waals surface area (Å²) in [4.78, 5) is 30.9. The van der Waals surface area contributed by atoms with Crippen LogP contribution in [0.25, 0.3) is 10.2 Å². The van der Waals surface area contributed by atoms with Gasteiger partial charge in [-0.25, -0.2) is 4.79 Å². The van der Waals surface area contributed by atoms with Crippen molar-refractivity contribution in [1.29, 1.82) is 0 Å². The molecule has 1 aliphatic heterocycles. The van der Waals surface area contributed by atoms with Gasteiger partial charge in [-0.1, -0.05) is 29.8 Å². The van der Waals surface area contributed by atoms with Gasteiger partial charge >= 0.3 is 6.03 Å². The van der Waals surface area contributed by atoms with Crippen LogP contribution in [0.2, 0.25) is 0 Å². The van der Waals surface area contributed by atoms with Crippen LogP contribution in [-0.2, 0) is 6.54 Å². The highest BCUT2D eigenvalue weighted by Gasteiger charge is 2.31. The Morgan fingerprint density at radius 1 is 1.19 bits per heavy atom. The van der Waals surface area contributed by atoms with Crippen molar-refractivity contribution in [2.24, 2.45) is 0 Å². The second-order valence-electron chi connectivity index (χ2n) is 8.34. The van der Waals surface area contributed by atoms with Crippen LogP contribution >= 0.6 is 11.3 Å². The average molecular weight is 437 g/mol. The Labute approximate surface area is 186 Å². The zero-order valence-electron chi connectivity index (χ0n) is 18.2. The number of aryl methyl sites for hydroxylation is 1. The van der Waals surface area contributed by atoms with Crippen molar-refractivity contribution in [3.63, 3.8) is 0 Å². The summed E-state index contributed by atoms with van der Waals surface area (Å²) in [5.74, 6) is 0.00935. The van der Waals surface area contributed by atoms with Crippen LogP contribution in [0.5, 0.6) is 0 Å². The molecule has 0 saturated carbocycles. The summed E-state index contributed by atoms with van der Waals surface area (Å²) in [5, 5.41) is 6.09. The topological polar surface area (TPSA) is 57.6 Å². The van der Waals surface area contributed by atoms with Gasteiger partial charge in [-0.15, -0.1) is 11.3 Å². The number of carbonyl (C=O) groups excluding carboxylic acids is 2. The van der Waals surface area contributed by atoms with E-state index in [0.29, 0.717) is 31.9 Å². The lowest BCUT2D eigenvalue weighted by atomic mass is 10.2. The Balaban J connectivity index is 1.46. The fraction of sp³-hybridized carbons (Fsp3) is 0.333. The maximum absolute atomic E-state index is 13.4. The molecule has 0 radical (unpaired) electrons. The fourth-order valence-electron chi connectivity index (χ4n) is 4.02. The number of nitrogens with zero attached hydrogens (tertiary/aromatic N) is 3. The molecule has 1 aromatic carbocycles. The summed E-state index contributed by atoms with van der Waals surface area (Å²) < 4.78 is 2.06. The second-order valence-corrected chi connectivity index (χ2v) is 9.24. The maximum atomic E-state index is 13.4. The summed E-state index contributed by atoms with van der Waals surface area (Å²) in [6, 6.07) is 11.6. The molecule has 3 heterocycles. The third-order valence-electron chi connectivity index (χ3n) is 5.63. The van der Waals surface area contributed by atoms with Gasteiger partial charge in [0.2, 0.25) is 0 Å². The first-order valence-corrected chi connectivity index (χ1v) is 11.4. The van der Waals surface area contributed by atoms with E-state index in [-0.39, 0.29) is 18.0 Å². The smallest absolute Gasteiger partial charge is 0.322 e. The Kier molecular flexibility index (Phi) is 5.87. The predicted octanol–water partition coefficient (Wildman–Crippen LogP) is 4.97. The van der Waals surface area contributed by atoms with E-state index in [4.69, 9.17) is 0 Å². The van der Waals surface area contributed by atoms with Crippen LogP contribution in [-0.4, -0.2) is 52.0 Å². The number of aromatic nitrogens is 1. The predicted molar refractivity (Wildman–Crippen MR) is 127 cm³/mol. The molecule has 1 saturated heterocycles. The molecule has 0 bridgehead atoms. The molecule has 7 heteroatoms. The minimum atomic E-state index is -0.130. The van der Waals surface area contributed by atoms with Gasteiger partial charge in [-0.3, -0.25) is 4.79 Å². The molecule has 4 rings (SSSR count). The number of benzene rings is 1. The van der Waals surface area contributed by atoms with Gasteiger partial charge in [0.05, 0.1) is 0 Å². The Bertz CT molecular complexity index is 1130. The highest BCUT2D eigenvalue weighted by Crippen LogP contribution is 2.27. The first kappa shape index (κ1) is 21.2. The number of hydrogen-bond donors (Lipinski definition) is 1. The van der Waals surface area contributed by atoms with E-state index in [0.717, 1.165) is 27.0 Å². The zero-order chi connectivity index (χ0) is 22.1. The van der Waals surface area contributed by atoms with Gasteiger partial charge in [0.1, 0.15) is 10.5 Å². The number of anilines is 1. The van der Waals surface area contributed by atoms with Crippen molar-refractivity contribution in [3.8, 4) is 0 Å². The van der Waals surface area contributed by atoms with Gasteiger partial charge in [0, 0.05) is 43.3 Å². The van der Waals surface area contributed by atoms with Gasteiger partial charge in [-0.05, 0) is 50.4 Å². The number of fused-ring (bicyclic) bond motifs is 1. The first-order valence-electron chi connectivity index (χ1n) is 10.5. The Morgan fingerprint density at radius 3 is 2.61 bits per heavy atom. The molecule has 3 amide bonds. The number of allylic oxidation sites excluding steroid dienone is 1. The maximum Gasteiger partial charge on any atom is 0.322 e. The number of urea groups is 1. The summed E-state index contributed by atoms with van der Waals surface area (Å²) in [6.45, 7) is 12.1. The first-order chi connectivity index (χ1) is 14.8. The molecule has 2 aromatic heterocycles. The van der Waals surface area contributed by atoms with E-state index in [2.05, 4.69) is 16.5 Å². The second kappa shape index (κ2) is 8.59.